The number of carbonyl (C=O) groups excluding carboxylic acids is 2. The van der Waals surface area contributed by atoms with Crippen molar-refractivity contribution < 1.29 is 28.7 Å². The van der Waals surface area contributed by atoms with Crippen molar-refractivity contribution >= 4 is 17.6 Å². The fourth-order valence-corrected chi connectivity index (χ4v) is 2.04. The van der Waals surface area contributed by atoms with Gasteiger partial charge in [-0.2, -0.15) is 0 Å². The first-order chi connectivity index (χ1) is 11.9. The van der Waals surface area contributed by atoms with Crippen molar-refractivity contribution in [2.24, 2.45) is 5.73 Å². The van der Waals surface area contributed by atoms with Gasteiger partial charge in [0, 0.05) is 12.1 Å². The summed E-state index contributed by atoms with van der Waals surface area (Å²) in [5, 5.41) is 11.0. The van der Waals surface area contributed by atoms with Crippen molar-refractivity contribution in [3.8, 4) is 17.2 Å². The van der Waals surface area contributed by atoms with Crippen molar-refractivity contribution in [3.63, 3.8) is 0 Å². The second-order valence-corrected chi connectivity index (χ2v) is 4.76. The average Bonchev–Trinajstić information content (AvgIpc) is 2.60. The first-order valence-electron chi connectivity index (χ1n) is 6.89. The summed E-state index contributed by atoms with van der Waals surface area (Å²) >= 11 is 0. The molecule has 0 heterocycles. The Kier molecular flexibility index (Phi) is 5.18. The molecular weight excluding hydrogens is 332 g/mol. The minimum atomic E-state index is -0.901. The Morgan fingerprint density at radius 2 is 1.76 bits per heavy atom. The molecular formula is C16H14N2O7. The van der Waals surface area contributed by atoms with Gasteiger partial charge >= 0.3 is 11.7 Å². The van der Waals surface area contributed by atoms with Gasteiger partial charge in [0.15, 0.2) is 5.75 Å². The number of nitro groups is 1. The van der Waals surface area contributed by atoms with E-state index in [0.29, 0.717) is 5.75 Å². The molecule has 0 bridgehead atoms. The van der Waals surface area contributed by atoms with E-state index in [0.717, 1.165) is 6.07 Å². The topological polar surface area (TPSA) is 131 Å². The summed E-state index contributed by atoms with van der Waals surface area (Å²) < 4.78 is 15.0. The summed E-state index contributed by atoms with van der Waals surface area (Å²) in [5.41, 5.74) is 4.73. The van der Waals surface area contributed by atoms with Crippen LogP contribution < -0.4 is 19.9 Å². The van der Waals surface area contributed by atoms with E-state index in [1.165, 1.54) is 44.6 Å². The Bertz CT molecular complexity index is 848. The molecule has 0 spiro atoms. The molecule has 0 aliphatic heterocycles. The van der Waals surface area contributed by atoms with Gasteiger partial charge in [-0.15, -0.1) is 0 Å². The summed E-state index contributed by atoms with van der Waals surface area (Å²) in [6.07, 6.45) is 0. The molecule has 2 aromatic rings. The van der Waals surface area contributed by atoms with Crippen LogP contribution in [0.25, 0.3) is 0 Å². The largest absolute Gasteiger partial charge is 0.497 e. The summed E-state index contributed by atoms with van der Waals surface area (Å²) in [6.45, 7) is 0. The molecule has 0 saturated heterocycles. The fourth-order valence-electron chi connectivity index (χ4n) is 2.04. The normalized spacial score (nSPS) is 10.0. The molecule has 0 radical (unpaired) electrons. The standard InChI is InChI=1S/C16H14N2O7/c1-23-10-4-5-11(15(17)19)14(8-10)25-16(20)9-3-6-13(24-2)12(7-9)18(21)22/h3-8H,1-2H3,(H2,17,19). The minimum Gasteiger partial charge on any atom is -0.497 e. The highest BCUT2D eigenvalue weighted by Crippen LogP contribution is 2.29. The van der Waals surface area contributed by atoms with Crippen LogP contribution in [0.2, 0.25) is 0 Å². The fraction of sp³-hybridized carbons (Fsp3) is 0.125. The first kappa shape index (κ1) is 17.7. The molecule has 9 nitrogen and oxygen atoms in total. The number of ether oxygens (including phenoxy) is 3. The molecule has 9 heteroatoms. The number of nitrogens with zero attached hydrogens (tertiary/aromatic N) is 1. The minimum absolute atomic E-state index is 0.000699. The Hall–Kier alpha value is -3.62. The lowest BCUT2D eigenvalue weighted by molar-refractivity contribution is -0.385. The molecule has 2 rings (SSSR count). The van der Waals surface area contributed by atoms with Crippen LogP contribution in [0.5, 0.6) is 17.2 Å². The first-order valence-corrected chi connectivity index (χ1v) is 6.89. The van der Waals surface area contributed by atoms with E-state index in [9.17, 15) is 19.7 Å². The maximum absolute atomic E-state index is 12.3. The van der Waals surface area contributed by atoms with Crippen LogP contribution in [0, 0.1) is 10.1 Å². The summed E-state index contributed by atoms with van der Waals surface area (Å²) in [4.78, 5) is 34.1. The molecule has 1 amide bonds. The van der Waals surface area contributed by atoms with Crippen molar-refractivity contribution in [1.29, 1.82) is 0 Å². The highest BCUT2D eigenvalue weighted by molar-refractivity contribution is 5.98. The molecule has 0 unspecified atom stereocenters. The Balaban J connectivity index is 2.38. The lowest BCUT2D eigenvalue weighted by Crippen LogP contribution is -2.16. The number of hydrogen-bond acceptors (Lipinski definition) is 7. The molecule has 2 aromatic carbocycles. The van der Waals surface area contributed by atoms with Gasteiger partial charge in [-0.1, -0.05) is 0 Å². The number of nitro benzene ring substituents is 1. The number of benzene rings is 2. The van der Waals surface area contributed by atoms with Crippen LogP contribution in [-0.4, -0.2) is 31.0 Å². The van der Waals surface area contributed by atoms with E-state index >= 15 is 0 Å². The quantitative estimate of drug-likeness (QED) is 0.366. The van der Waals surface area contributed by atoms with E-state index in [1.807, 2.05) is 0 Å². The van der Waals surface area contributed by atoms with Crippen molar-refractivity contribution in [3.05, 3.63) is 57.6 Å². The molecule has 0 fully saturated rings. The number of esters is 1. The second kappa shape index (κ2) is 7.30. The third-order valence-corrected chi connectivity index (χ3v) is 3.27. The molecule has 0 atom stereocenters. The molecule has 0 aliphatic rings. The SMILES string of the molecule is COc1ccc(C(N)=O)c(OC(=O)c2ccc(OC)c([N+](=O)[O-])c2)c1. The van der Waals surface area contributed by atoms with Crippen molar-refractivity contribution in [2.45, 2.75) is 0 Å². The van der Waals surface area contributed by atoms with Gasteiger partial charge in [0.05, 0.1) is 30.3 Å². The second-order valence-electron chi connectivity index (χ2n) is 4.76. The number of nitrogens with two attached hydrogens (primary N) is 1. The zero-order chi connectivity index (χ0) is 18.6. The maximum atomic E-state index is 12.3. The van der Waals surface area contributed by atoms with Gasteiger partial charge in [0.25, 0.3) is 5.91 Å². The van der Waals surface area contributed by atoms with Crippen molar-refractivity contribution in [1.82, 2.24) is 0 Å². The van der Waals surface area contributed by atoms with Gasteiger partial charge in [-0.05, 0) is 24.3 Å². The summed E-state index contributed by atoms with van der Waals surface area (Å²) in [5.74, 6) is -1.47. The molecule has 130 valence electrons. The van der Waals surface area contributed by atoms with Gasteiger partial charge < -0.3 is 19.9 Å². The summed E-state index contributed by atoms with van der Waals surface area (Å²) in [7, 11) is 2.67. The number of rotatable bonds is 6. The Labute approximate surface area is 142 Å². The van der Waals surface area contributed by atoms with E-state index < -0.39 is 22.5 Å². The van der Waals surface area contributed by atoms with Crippen LogP contribution in [0.3, 0.4) is 0 Å². The number of amides is 1. The number of carbonyl (C=O) groups is 2. The predicted octanol–water partition coefficient (Wildman–Crippen LogP) is 1.93. The van der Waals surface area contributed by atoms with Crippen LogP contribution in [0.4, 0.5) is 5.69 Å². The van der Waals surface area contributed by atoms with Gasteiger partial charge in [-0.3, -0.25) is 14.9 Å². The Morgan fingerprint density at radius 1 is 1.04 bits per heavy atom. The zero-order valence-electron chi connectivity index (χ0n) is 13.3. The van der Waals surface area contributed by atoms with Gasteiger partial charge in [0.2, 0.25) is 0 Å². The molecule has 0 aliphatic carbocycles. The van der Waals surface area contributed by atoms with Gasteiger partial charge in [0.1, 0.15) is 11.5 Å². The highest BCUT2D eigenvalue weighted by atomic mass is 16.6. The molecule has 25 heavy (non-hydrogen) atoms. The Morgan fingerprint density at radius 3 is 2.32 bits per heavy atom. The van der Waals surface area contributed by atoms with Crippen LogP contribution in [-0.2, 0) is 0 Å². The van der Waals surface area contributed by atoms with E-state index in [2.05, 4.69) is 0 Å². The lowest BCUT2D eigenvalue weighted by Gasteiger charge is -2.10. The maximum Gasteiger partial charge on any atom is 0.343 e. The average molecular weight is 346 g/mol. The van der Waals surface area contributed by atoms with Crippen LogP contribution in [0.15, 0.2) is 36.4 Å². The molecule has 2 N–H and O–H groups in total. The van der Waals surface area contributed by atoms with E-state index in [4.69, 9.17) is 19.9 Å². The van der Waals surface area contributed by atoms with E-state index in [1.54, 1.807) is 0 Å². The lowest BCUT2D eigenvalue weighted by atomic mass is 10.1. The number of primary amides is 1. The third-order valence-electron chi connectivity index (χ3n) is 3.27. The molecule has 0 aromatic heterocycles. The molecule has 0 saturated carbocycles. The van der Waals surface area contributed by atoms with Crippen LogP contribution in [0.1, 0.15) is 20.7 Å². The van der Waals surface area contributed by atoms with Crippen molar-refractivity contribution in [2.75, 3.05) is 14.2 Å². The van der Waals surface area contributed by atoms with E-state index in [-0.39, 0.29) is 22.6 Å². The number of hydrogen-bond donors (Lipinski definition) is 1. The zero-order valence-corrected chi connectivity index (χ0v) is 13.3. The predicted molar refractivity (Wildman–Crippen MR) is 86.1 cm³/mol. The van der Waals surface area contributed by atoms with Gasteiger partial charge in [-0.25, -0.2) is 4.79 Å². The third kappa shape index (κ3) is 3.83. The smallest absolute Gasteiger partial charge is 0.343 e. The summed E-state index contributed by atoms with van der Waals surface area (Å²) in [6, 6.07) is 7.74. The number of methoxy groups -OCH3 is 2. The highest BCUT2D eigenvalue weighted by Gasteiger charge is 2.21. The monoisotopic (exact) mass is 346 g/mol. The van der Waals surface area contributed by atoms with Crippen LogP contribution >= 0.6 is 0 Å².